The first-order valence-electron chi connectivity index (χ1n) is 5.88. The Labute approximate surface area is 91.7 Å². The maximum atomic E-state index is 5.81. The van der Waals surface area contributed by atoms with Gasteiger partial charge in [-0.05, 0) is 67.2 Å². The molecule has 1 aromatic rings. The molecule has 1 nitrogen and oxygen atoms in total. The van der Waals surface area contributed by atoms with Gasteiger partial charge in [-0.1, -0.05) is 18.2 Å². The monoisotopic (exact) mass is 201 g/mol. The van der Waals surface area contributed by atoms with Crippen molar-refractivity contribution in [1.29, 1.82) is 0 Å². The molecular weight excluding hydrogens is 182 g/mol. The first-order valence-corrected chi connectivity index (χ1v) is 5.88. The van der Waals surface area contributed by atoms with Gasteiger partial charge in [-0.2, -0.15) is 0 Å². The van der Waals surface area contributed by atoms with Crippen molar-refractivity contribution in [3.8, 4) is 0 Å². The second-order valence-corrected chi connectivity index (χ2v) is 5.76. The number of rotatable bonds is 2. The van der Waals surface area contributed by atoms with Crippen LogP contribution in [0.3, 0.4) is 0 Å². The summed E-state index contributed by atoms with van der Waals surface area (Å²) in [7, 11) is 0. The zero-order valence-electron chi connectivity index (χ0n) is 9.64. The number of nitrogens with two attached hydrogens (primary N) is 1. The van der Waals surface area contributed by atoms with Crippen molar-refractivity contribution in [3.63, 3.8) is 0 Å². The van der Waals surface area contributed by atoms with Gasteiger partial charge in [0.05, 0.1) is 0 Å². The predicted molar refractivity (Wildman–Crippen MR) is 62.9 cm³/mol. The van der Waals surface area contributed by atoms with Crippen LogP contribution in [0, 0.1) is 19.3 Å². The second-order valence-electron chi connectivity index (χ2n) is 5.76. The van der Waals surface area contributed by atoms with E-state index in [9.17, 15) is 0 Å². The van der Waals surface area contributed by atoms with E-state index in [0.29, 0.717) is 10.8 Å². The SMILES string of the molecule is Cc1cccc(C23CC(CN)(C2)C3)c1C. The maximum Gasteiger partial charge on any atom is -0.00196 e. The lowest BCUT2D eigenvalue weighted by Gasteiger charge is -2.71. The Balaban J connectivity index is 1.94. The molecule has 1 heteroatoms. The first kappa shape index (κ1) is 9.41. The summed E-state index contributed by atoms with van der Waals surface area (Å²) < 4.78 is 0. The van der Waals surface area contributed by atoms with E-state index in [0.717, 1.165) is 6.54 Å². The molecule has 3 fully saturated rings. The molecule has 0 saturated heterocycles. The van der Waals surface area contributed by atoms with Gasteiger partial charge in [0, 0.05) is 0 Å². The smallest absolute Gasteiger partial charge is 0.00196 e. The molecule has 3 saturated carbocycles. The van der Waals surface area contributed by atoms with Crippen LogP contribution in [0.2, 0.25) is 0 Å². The van der Waals surface area contributed by atoms with Crippen LogP contribution in [0.5, 0.6) is 0 Å². The third-order valence-electron chi connectivity index (χ3n) is 4.75. The van der Waals surface area contributed by atoms with E-state index in [1.54, 1.807) is 5.56 Å². The van der Waals surface area contributed by atoms with Crippen molar-refractivity contribution in [1.82, 2.24) is 0 Å². The summed E-state index contributed by atoms with van der Waals surface area (Å²) >= 11 is 0. The van der Waals surface area contributed by atoms with Crippen molar-refractivity contribution < 1.29 is 0 Å². The van der Waals surface area contributed by atoms with Crippen LogP contribution in [0.15, 0.2) is 18.2 Å². The molecule has 2 N–H and O–H groups in total. The molecule has 3 aliphatic rings. The number of hydrogen-bond acceptors (Lipinski definition) is 1. The fraction of sp³-hybridized carbons (Fsp3) is 0.571. The second kappa shape index (κ2) is 2.65. The lowest BCUT2D eigenvalue weighted by atomic mass is 9.33. The Kier molecular flexibility index (Phi) is 1.66. The third-order valence-corrected chi connectivity index (χ3v) is 4.75. The minimum Gasteiger partial charge on any atom is -0.330 e. The molecule has 1 aromatic carbocycles. The standard InChI is InChI=1S/C14H19N/c1-10-4-3-5-12(11(10)2)14-6-13(7-14,8-14)9-15/h3-5H,6-9,15H2,1-2H3. The van der Waals surface area contributed by atoms with E-state index in [1.165, 1.54) is 30.4 Å². The highest BCUT2D eigenvalue weighted by Crippen LogP contribution is 2.73. The third kappa shape index (κ3) is 1.02. The highest BCUT2D eigenvalue weighted by atomic mass is 14.8. The van der Waals surface area contributed by atoms with Crippen LogP contribution in [-0.4, -0.2) is 6.54 Å². The van der Waals surface area contributed by atoms with Gasteiger partial charge < -0.3 is 5.73 Å². The van der Waals surface area contributed by atoms with E-state index in [1.807, 2.05) is 0 Å². The molecule has 3 aliphatic carbocycles. The molecule has 4 rings (SSSR count). The van der Waals surface area contributed by atoms with E-state index >= 15 is 0 Å². The molecule has 0 spiro atoms. The summed E-state index contributed by atoms with van der Waals surface area (Å²) in [4.78, 5) is 0. The van der Waals surface area contributed by atoms with Crippen LogP contribution >= 0.6 is 0 Å². The van der Waals surface area contributed by atoms with E-state index < -0.39 is 0 Å². The molecule has 0 atom stereocenters. The summed E-state index contributed by atoms with van der Waals surface area (Å²) in [6, 6.07) is 6.73. The quantitative estimate of drug-likeness (QED) is 0.782. The summed E-state index contributed by atoms with van der Waals surface area (Å²) in [6.07, 6.45) is 4.00. The highest BCUT2D eigenvalue weighted by molar-refractivity contribution is 5.45. The van der Waals surface area contributed by atoms with Crippen LogP contribution in [0.4, 0.5) is 0 Å². The zero-order chi connectivity index (χ0) is 10.7. The van der Waals surface area contributed by atoms with Crippen LogP contribution in [0.25, 0.3) is 0 Å². The number of hydrogen-bond donors (Lipinski definition) is 1. The minimum atomic E-state index is 0.523. The zero-order valence-corrected chi connectivity index (χ0v) is 9.64. The van der Waals surface area contributed by atoms with Gasteiger partial charge in [-0.15, -0.1) is 0 Å². The fourth-order valence-electron chi connectivity index (χ4n) is 3.83. The maximum absolute atomic E-state index is 5.81. The highest BCUT2D eigenvalue weighted by Gasteiger charge is 2.67. The topological polar surface area (TPSA) is 26.0 Å². The van der Waals surface area contributed by atoms with Crippen molar-refractivity contribution in [2.45, 2.75) is 38.5 Å². The Morgan fingerprint density at radius 1 is 1.20 bits per heavy atom. The Bertz CT molecular complexity index is 400. The Morgan fingerprint density at radius 2 is 1.87 bits per heavy atom. The van der Waals surface area contributed by atoms with Gasteiger partial charge in [0.1, 0.15) is 0 Å². The normalized spacial score (nSPS) is 37.0. The van der Waals surface area contributed by atoms with E-state index in [-0.39, 0.29) is 0 Å². The number of benzene rings is 1. The van der Waals surface area contributed by atoms with Gasteiger partial charge in [-0.3, -0.25) is 0 Å². The summed E-state index contributed by atoms with van der Waals surface area (Å²) in [5.74, 6) is 0. The predicted octanol–water partition coefficient (Wildman–Crippen LogP) is 2.68. The van der Waals surface area contributed by atoms with Gasteiger partial charge in [-0.25, -0.2) is 0 Å². The van der Waals surface area contributed by atoms with Gasteiger partial charge in [0.2, 0.25) is 0 Å². The fourth-order valence-corrected chi connectivity index (χ4v) is 3.83. The van der Waals surface area contributed by atoms with Crippen LogP contribution in [0.1, 0.15) is 36.0 Å². The van der Waals surface area contributed by atoms with Crippen molar-refractivity contribution >= 4 is 0 Å². The number of aryl methyl sites for hydroxylation is 1. The first-order chi connectivity index (χ1) is 7.11. The van der Waals surface area contributed by atoms with Crippen molar-refractivity contribution in [2.24, 2.45) is 11.1 Å². The summed E-state index contributed by atoms with van der Waals surface area (Å²) in [5, 5.41) is 0. The van der Waals surface area contributed by atoms with Gasteiger partial charge in [0.15, 0.2) is 0 Å². The average molecular weight is 201 g/mol. The Morgan fingerprint density at radius 3 is 2.47 bits per heavy atom. The molecule has 0 aromatic heterocycles. The molecule has 0 unspecified atom stereocenters. The molecule has 0 radical (unpaired) electrons. The van der Waals surface area contributed by atoms with E-state index in [2.05, 4.69) is 32.0 Å². The van der Waals surface area contributed by atoms with Crippen LogP contribution in [-0.2, 0) is 5.41 Å². The van der Waals surface area contributed by atoms with Crippen molar-refractivity contribution in [3.05, 3.63) is 34.9 Å². The molecule has 80 valence electrons. The summed E-state index contributed by atoms with van der Waals surface area (Å²) in [6.45, 7) is 5.36. The van der Waals surface area contributed by atoms with E-state index in [4.69, 9.17) is 5.73 Å². The molecule has 2 bridgehead atoms. The average Bonchev–Trinajstić information content (AvgIpc) is 2.08. The van der Waals surface area contributed by atoms with Crippen LogP contribution < -0.4 is 5.73 Å². The lowest BCUT2D eigenvalue weighted by molar-refractivity contribution is -0.133. The lowest BCUT2D eigenvalue weighted by Crippen LogP contribution is -2.67. The molecule has 0 aliphatic heterocycles. The van der Waals surface area contributed by atoms with Gasteiger partial charge in [0.25, 0.3) is 0 Å². The molecule has 15 heavy (non-hydrogen) atoms. The molecule has 0 heterocycles. The Hall–Kier alpha value is -0.820. The van der Waals surface area contributed by atoms with Crippen molar-refractivity contribution in [2.75, 3.05) is 6.54 Å². The molecular formula is C14H19N. The molecule has 0 amide bonds. The largest absolute Gasteiger partial charge is 0.330 e. The summed E-state index contributed by atoms with van der Waals surface area (Å²) in [5.41, 5.74) is 11.4. The van der Waals surface area contributed by atoms with Gasteiger partial charge >= 0.3 is 0 Å². The minimum absolute atomic E-state index is 0.523.